The van der Waals surface area contributed by atoms with E-state index < -0.39 is 0 Å². The minimum Gasteiger partial charge on any atom is -0.384 e. The van der Waals surface area contributed by atoms with Gasteiger partial charge >= 0.3 is 0 Å². The summed E-state index contributed by atoms with van der Waals surface area (Å²) in [7, 11) is 0. The fraction of sp³-hybridized carbons (Fsp3) is 0.273. The molecule has 1 amide bonds. The minimum atomic E-state index is -0.119. The summed E-state index contributed by atoms with van der Waals surface area (Å²) in [5.41, 5.74) is 8.16. The summed E-state index contributed by atoms with van der Waals surface area (Å²) in [4.78, 5) is 19.9. The number of hydrogen-bond donors (Lipinski definition) is 2. The van der Waals surface area contributed by atoms with Gasteiger partial charge in [-0.05, 0) is 49.7 Å². The first kappa shape index (κ1) is 17.5. The Morgan fingerprint density at radius 2 is 1.81 bits per heavy atom. The molecule has 2 heterocycles. The number of nitrogens with one attached hydrogen (secondary N) is 1. The van der Waals surface area contributed by atoms with Gasteiger partial charge < -0.3 is 16.0 Å². The van der Waals surface area contributed by atoms with Crippen LogP contribution in [0.4, 0.5) is 5.82 Å². The van der Waals surface area contributed by atoms with E-state index >= 15 is 0 Å². The quantitative estimate of drug-likeness (QED) is 0.732. The zero-order valence-electron chi connectivity index (χ0n) is 15.3. The van der Waals surface area contributed by atoms with Crippen molar-refractivity contribution in [2.75, 3.05) is 25.4 Å². The highest BCUT2D eigenvalue weighted by molar-refractivity contribution is 6.05. The molecule has 1 atom stereocenters. The van der Waals surface area contributed by atoms with Gasteiger partial charge in [0.25, 0.3) is 5.91 Å². The standard InChI is InChI=1S/C22H24N4O/c23-20-12-11-17-9-6-10-18(21(17)25-20)22(27)24-19(15-26-13-4-5-14-26)16-7-2-1-3-8-16/h1-3,6-12,19H,4-5,13-15H2,(H2,23,25)(H,24,27). The average Bonchev–Trinajstić information content (AvgIpc) is 3.20. The highest BCUT2D eigenvalue weighted by atomic mass is 16.1. The fourth-order valence-electron chi connectivity index (χ4n) is 3.72. The Bertz CT molecular complexity index is 935. The lowest BCUT2D eigenvalue weighted by atomic mass is 10.0. The van der Waals surface area contributed by atoms with E-state index in [0.29, 0.717) is 16.9 Å². The second-order valence-electron chi connectivity index (χ2n) is 7.06. The fourth-order valence-corrected chi connectivity index (χ4v) is 3.72. The summed E-state index contributed by atoms with van der Waals surface area (Å²) in [5.74, 6) is 0.297. The Morgan fingerprint density at radius 1 is 1.04 bits per heavy atom. The van der Waals surface area contributed by atoms with Crippen LogP contribution in [-0.2, 0) is 0 Å². The maximum atomic E-state index is 13.1. The first-order valence-corrected chi connectivity index (χ1v) is 9.44. The lowest BCUT2D eigenvalue weighted by molar-refractivity contribution is 0.0928. The number of nitrogen functional groups attached to an aromatic ring is 1. The van der Waals surface area contributed by atoms with Crippen molar-refractivity contribution in [3.8, 4) is 0 Å². The van der Waals surface area contributed by atoms with Gasteiger partial charge in [0, 0.05) is 11.9 Å². The number of benzene rings is 2. The maximum absolute atomic E-state index is 13.1. The Morgan fingerprint density at radius 3 is 2.59 bits per heavy atom. The van der Waals surface area contributed by atoms with E-state index in [9.17, 15) is 4.79 Å². The largest absolute Gasteiger partial charge is 0.384 e. The van der Waals surface area contributed by atoms with Crippen LogP contribution >= 0.6 is 0 Å². The summed E-state index contributed by atoms with van der Waals surface area (Å²) >= 11 is 0. The Labute approximate surface area is 159 Å². The smallest absolute Gasteiger partial charge is 0.254 e. The van der Waals surface area contributed by atoms with Gasteiger partial charge in [-0.3, -0.25) is 4.79 Å². The van der Waals surface area contributed by atoms with Crippen LogP contribution in [0.25, 0.3) is 10.9 Å². The molecule has 3 N–H and O–H groups in total. The van der Waals surface area contributed by atoms with Crippen molar-refractivity contribution >= 4 is 22.6 Å². The number of carbonyl (C=O) groups is 1. The number of nitrogens with zero attached hydrogens (tertiary/aromatic N) is 2. The van der Waals surface area contributed by atoms with Crippen LogP contribution in [0.2, 0.25) is 0 Å². The number of anilines is 1. The van der Waals surface area contributed by atoms with Crippen LogP contribution < -0.4 is 11.1 Å². The second-order valence-corrected chi connectivity index (χ2v) is 7.06. The number of likely N-dealkylation sites (tertiary alicyclic amines) is 1. The molecule has 0 saturated carbocycles. The van der Waals surface area contributed by atoms with Crippen molar-refractivity contribution in [3.63, 3.8) is 0 Å². The molecule has 1 aliphatic rings. The summed E-state index contributed by atoms with van der Waals surface area (Å²) in [6.45, 7) is 2.99. The van der Waals surface area contributed by atoms with Crippen LogP contribution in [0.5, 0.6) is 0 Å². The van der Waals surface area contributed by atoms with Crippen molar-refractivity contribution < 1.29 is 4.79 Å². The molecule has 1 unspecified atom stereocenters. The number of amides is 1. The van der Waals surface area contributed by atoms with E-state index in [2.05, 4.69) is 27.3 Å². The van der Waals surface area contributed by atoms with Crippen molar-refractivity contribution in [3.05, 3.63) is 71.8 Å². The maximum Gasteiger partial charge on any atom is 0.254 e. The molecular weight excluding hydrogens is 336 g/mol. The van der Waals surface area contributed by atoms with Gasteiger partial charge in [0.1, 0.15) is 5.82 Å². The average molecular weight is 360 g/mol. The monoisotopic (exact) mass is 360 g/mol. The Balaban J connectivity index is 1.62. The first-order chi connectivity index (χ1) is 13.2. The third kappa shape index (κ3) is 3.93. The number of aromatic nitrogens is 1. The predicted molar refractivity (Wildman–Crippen MR) is 108 cm³/mol. The van der Waals surface area contributed by atoms with E-state index in [0.717, 1.165) is 30.6 Å². The molecule has 1 aromatic heterocycles. The number of pyridine rings is 1. The predicted octanol–water partition coefficient (Wildman–Crippen LogP) is 3.38. The van der Waals surface area contributed by atoms with E-state index in [1.165, 1.54) is 12.8 Å². The molecule has 4 rings (SSSR count). The summed E-state index contributed by atoms with van der Waals surface area (Å²) in [6, 6.07) is 19.4. The van der Waals surface area contributed by atoms with Crippen molar-refractivity contribution in [2.45, 2.75) is 18.9 Å². The van der Waals surface area contributed by atoms with Gasteiger partial charge in [-0.15, -0.1) is 0 Å². The van der Waals surface area contributed by atoms with Crippen LogP contribution in [-0.4, -0.2) is 35.4 Å². The Hall–Kier alpha value is -2.92. The summed E-state index contributed by atoms with van der Waals surface area (Å²) < 4.78 is 0. The molecule has 5 heteroatoms. The molecule has 0 radical (unpaired) electrons. The second kappa shape index (κ2) is 7.76. The molecule has 27 heavy (non-hydrogen) atoms. The van der Waals surface area contributed by atoms with Gasteiger partial charge in [0.2, 0.25) is 0 Å². The topological polar surface area (TPSA) is 71.2 Å². The summed E-state index contributed by atoms with van der Waals surface area (Å²) in [6.07, 6.45) is 2.45. The van der Waals surface area contributed by atoms with E-state index in [1.54, 1.807) is 6.07 Å². The van der Waals surface area contributed by atoms with Crippen molar-refractivity contribution in [1.82, 2.24) is 15.2 Å². The van der Waals surface area contributed by atoms with Crippen LogP contribution in [0.3, 0.4) is 0 Å². The van der Waals surface area contributed by atoms with Gasteiger partial charge in [-0.1, -0.05) is 42.5 Å². The zero-order chi connectivity index (χ0) is 18.6. The number of rotatable bonds is 5. The number of carbonyl (C=O) groups excluding carboxylic acids is 1. The van der Waals surface area contributed by atoms with E-state index in [1.807, 2.05) is 42.5 Å². The molecule has 3 aromatic rings. The number of para-hydroxylation sites is 1. The number of nitrogens with two attached hydrogens (primary N) is 1. The van der Waals surface area contributed by atoms with E-state index in [-0.39, 0.29) is 11.9 Å². The van der Waals surface area contributed by atoms with Gasteiger partial charge in [-0.25, -0.2) is 4.98 Å². The number of hydrogen-bond acceptors (Lipinski definition) is 4. The molecule has 0 bridgehead atoms. The van der Waals surface area contributed by atoms with Crippen molar-refractivity contribution in [2.24, 2.45) is 0 Å². The Kier molecular flexibility index (Phi) is 5.03. The molecule has 0 spiro atoms. The van der Waals surface area contributed by atoms with Gasteiger partial charge in [0.05, 0.1) is 17.1 Å². The first-order valence-electron chi connectivity index (χ1n) is 9.44. The third-order valence-electron chi connectivity index (χ3n) is 5.13. The zero-order valence-corrected chi connectivity index (χ0v) is 15.3. The van der Waals surface area contributed by atoms with Crippen molar-refractivity contribution in [1.29, 1.82) is 0 Å². The molecule has 1 fully saturated rings. The number of fused-ring (bicyclic) bond motifs is 1. The molecule has 1 aliphatic heterocycles. The lowest BCUT2D eigenvalue weighted by Gasteiger charge is -2.25. The molecule has 1 saturated heterocycles. The van der Waals surface area contributed by atoms with E-state index in [4.69, 9.17) is 5.73 Å². The van der Waals surface area contributed by atoms with Gasteiger partial charge in [-0.2, -0.15) is 0 Å². The minimum absolute atomic E-state index is 0.0619. The SMILES string of the molecule is Nc1ccc2cccc(C(=O)NC(CN3CCCC3)c3ccccc3)c2n1. The third-order valence-corrected chi connectivity index (χ3v) is 5.13. The molecule has 2 aromatic carbocycles. The highest BCUT2D eigenvalue weighted by Gasteiger charge is 2.22. The van der Waals surface area contributed by atoms with Crippen LogP contribution in [0.15, 0.2) is 60.7 Å². The van der Waals surface area contributed by atoms with Crippen LogP contribution in [0.1, 0.15) is 34.8 Å². The normalized spacial score (nSPS) is 15.7. The molecule has 138 valence electrons. The molecular formula is C22H24N4O. The highest BCUT2D eigenvalue weighted by Crippen LogP contribution is 2.21. The van der Waals surface area contributed by atoms with Gasteiger partial charge in [0.15, 0.2) is 0 Å². The molecule has 5 nitrogen and oxygen atoms in total. The summed E-state index contributed by atoms with van der Waals surface area (Å²) in [5, 5.41) is 4.14. The van der Waals surface area contributed by atoms with Crippen LogP contribution in [0, 0.1) is 0 Å². The molecule has 0 aliphatic carbocycles. The lowest BCUT2D eigenvalue weighted by Crippen LogP contribution is -2.37.